The van der Waals surface area contributed by atoms with Gasteiger partial charge in [-0.05, 0) is 53.9 Å². The van der Waals surface area contributed by atoms with Crippen LogP contribution in [0.1, 0.15) is 36.5 Å². The molecule has 1 aliphatic heterocycles. The molecule has 0 aromatic heterocycles. The minimum atomic E-state index is -4.47. The van der Waals surface area contributed by atoms with E-state index in [0.29, 0.717) is 40.9 Å². The Morgan fingerprint density at radius 2 is 1.64 bits per heavy atom. The molecule has 2 nitrogen and oxygen atoms in total. The molecule has 7 heteroatoms. The molecule has 0 spiro atoms. The van der Waals surface area contributed by atoms with E-state index >= 15 is 0 Å². The van der Waals surface area contributed by atoms with Crippen LogP contribution in [0.25, 0.3) is 11.6 Å². The fourth-order valence-corrected chi connectivity index (χ4v) is 3.77. The summed E-state index contributed by atoms with van der Waals surface area (Å²) in [5.41, 5.74) is 1.88. The first-order valence-corrected chi connectivity index (χ1v) is 10.1. The van der Waals surface area contributed by atoms with Gasteiger partial charge in [0.25, 0.3) is 0 Å². The summed E-state index contributed by atoms with van der Waals surface area (Å²) in [6.07, 6.45) is -3.78. The summed E-state index contributed by atoms with van der Waals surface area (Å²) in [4.78, 5) is 0. The highest BCUT2D eigenvalue weighted by Gasteiger charge is 2.26. The third-order valence-electron chi connectivity index (χ3n) is 5.23. The lowest BCUT2D eigenvalue weighted by atomic mass is 9.91. The van der Waals surface area contributed by atoms with Crippen molar-refractivity contribution in [2.75, 3.05) is 0 Å². The number of aryl methyl sites for hydroxylation is 1. The van der Waals surface area contributed by atoms with E-state index in [-0.39, 0.29) is 29.4 Å². The summed E-state index contributed by atoms with van der Waals surface area (Å²) in [7, 11) is 0. The number of fused-ring (bicyclic) bond motifs is 2. The summed E-state index contributed by atoms with van der Waals surface area (Å²) >= 11 is 0. The molecule has 3 aromatic rings. The van der Waals surface area contributed by atoms with E-state index < -0.39 is 24.2 Å². The number of ether oxygens (including phenoxy) is 1. The van der Waals surface area contributed by atoms with Crippen molar-refractivity contribution in [1.29, 1.82) is 0 Å². The zero-order valence-electron chi connectivity index (χ0n) is 18.1. The monoisotopic (exact) mass is 461 g/mol. The maximum absolute atomic E-state index is 14.8. The fourth-order valence-electron chi connectivity index (χ4n) is 3.77. The largest absolute Gasteiger partial charge is 0.508 e. The standard InChI is InChI=1S/C25H19F5O2.CH3/c1-2-3-15-10-22-18(12-20(15)26)24(14-4-6-17(31)7-5-14)19-13-21(27)16(11-23(19)32-22)8-9-25(28,29)30;/h4-8,10-13,31H,2-3,9H2,1H3;1H3/q;-1/b16-8-;. The Bertz CT molecular complexity index is 1290. The van der Waals surface area contributed by atoms with Crippen LogP contribution >= 0.6 is 0 Å². The Balaban J connectivity index is 0.00000306. The molecule has 0 atom stereocenters. The van der Waals surface area contributed by atoms with Gasteiger partial charge in [0.1, 0.15) is 28.9 Å². The number of aromatic hydroxyl groups is 1. The lowest BCUT2D eigenvalue weighted by Crippen LogP contribution is -2.23. The van der Waals surface area contributed by atoms with Crippen LogP contribution in [0.3, 0.4) is 0 Å². The van der Waals surface area contributed by atoms with Gasteiger partial charge in [0.2, 0.25) is 0 Å². The van der Waals surface area contributed by atoms with Gasteiger partial charge in [-0.3, -0.25) is 0 Å². The van der Waals surface area contributed by atoms with Gasteiger partial charge < -0.3 is 17.3 Å². The molecule has 0 fully saturated rings. The van der Waals surface area contributed by atoms with E-state index in [1.165, 1.54) is 24.3 Å². The molecule has 0 aliphatic carbocycles. The lowest BCUT2D eigenvalue weighted by Gasteiger charge is -2.22. The number of halogens is 5. The topological polar surface area (TPSA) is 29.5 Å². The van der Waals surface area contributed by atoms with E-state index in [1.807, 2.05) is 6.92 Å². The zero-order chi connectivity index (χ0) is 23.0. The van der Waals surface area contributed by atoms with E-state index in [1.54, 1.807) is 18.2 Å². The number of phenols is 1. The van der Waals surface area contributed by atoms with Gasteiger partial charge in [-0.15, -0.1) is 0 Å². The summed E-state index contributed by atoms with van der Waals surface area (Å²) in [6, 6.07) is 11.3. The Kier molecular flexibility index (Phi) is 6.81. The van der Waals surface area contributed by atoms with Gasteiger partial charge in [0.05, 0.1) is 6.42 Å². The molecule has 3 aromatic carbocycles. The Morgan fingerprint density at radius 3 is 2.27 bits per heavy atom. The summed E-state index contributed by atoms with van der Waals surface area (Å²) in [5.74, 6) is -0.748. The van der Waals surface area contributed by atoms with Crippen LogP contribution < -0.4 is 15.2 Å². The number of alkyl halides is 3. The average molecular weight is 461 g/mol. The summed E-state index contributed by atoms with van der Waals surface area (Å²) in [5, 5.41) is 9.69. The predicted molar refractivity (Wildman–Crippen MR) is 117 cm³/mol. The molecule has 0 amide bonds. The van der Waals surface area contributed by atoms with Crippen molar-refractivity contribution >= 4 is 11.6 Å². The van der Waals surface area contributed by atoms with Crippen molar-refractivity contribution in [1.82, 2.24) is 0 Å². The lowest BCUT2D eigenvalue weighted by molar-refractivity contribution is -0.122. The zero-order valence-corrected chi connectivity index (χ0v) is 18.1. The highest BCUT2D eigenvalue weighted by molar-refractivity contribution is 5.85. The average Bonchev–Trinajstić information content (AvgIpc) is 2.72. The van der Waals surface area contributed by atoms with Crippen LogP contribution in [0, 0.1) is 19.1 Å². The van der Waals surface area contributed by atoms with E-state index in [0.717, 1.165) is 12.1 Å². The Labute approximate surface area is 188 Å². The first kappa shape index (κ1) is 24.3. The minimum absolute atomic E-state index is 0. The van der Waals surface area contributed by atoms with Crippen molar-refractivity contribution in [2.45, 2.75) is 32.4 Å². The molecule has 0 bridgehead atoms. The van der Waals surface area contributed by atoms with Gasteiger partial charge in [0.15, 0.2) is 0 Å². The third kappa shape index (κ3) is 5.02. The predicted octanol–water partition coefficient (Wildman–Crippen LogP) is 6.16. The number of rotatable bonds is 4. The summed E-state index contributed by atoms with van der Waals surface area (Å²) < 4.78 is 73.3. The van der Waals surface area contributed by atoms with Crippen LogP contribution in [0.4, 0.5) is 22.0 Å². The van der Waals surface area contributed by atoms with Crippen LogP contribution in [0.2, 0.25) is 0 Å². The Hall–Kier alpha value is -3.35. The van der Waals surface area contributed by atoms with Gasteiger partial charge >= 0.3 is 6.18 Å². The molecule has 1 aliphatic rings. The molecule has 0 saturated heterocycles. The second kappa shape index (κ2) is 9.25. The number of hydrogen-bond acceptors (Lipinski definition) is 2. The second-order valence-electron chi connectivity index (χ2n) is 7.61. The Morgan fingerprint density at radius 1 is 0.939 bits per heavy atom. The molecular formula is C26H22F5O2-. The fraction of sp³-hybridized carbons (Fsp3) is 0.192. The normalized spacial score (nSPS) is 13.2. The molecule has 33 heavy (non-hydrogen) atoms. The van der Waals surface area contributed by atoms with E-state index in [2.05, 4.69) is 0 Å². The van der Waals surface area contributed by atoms with Crippen LogP contribution in [-0.2, 0) is 6.42 Å². The molecule has 174 valence electrons. The number of phenolic OH excluding ortho intramolecular Hbond substituents is 1. The maximum Gasteiger partial charge on any atom is 0.392 e. The van der Waals surface area contributed by atoms with Gasteiger partial charge in [-0.2, -0.15) is 13.2 Å². The van der Waals surface area contributed by atoms with Crippen molar-refractivity contribution in [3.63, 3.8) is 0 Å². The molecular weight excluding hydrogens is 439 g/mol. The minimum Gasteiger partial charge on any atom is -0.508 e. The second-order valence-corrected chi connectivity index (χ2v) is 7.61. The number of benzene rings is 3. The molecule has 4 rings (SSSR count). The van der Waals surface area contributed by atoms with Gasteiger partial charge in [-0.1, -0.05) is 31.6 Å². The van der Waals surface area contributed by atoms with Gasteiger partial charge in [0, 0.05) is 21.6 Å². The molecule has 0 unspecified atom stereocenters. The van der Waals surface area contributed by atoms with Gasteiger partial charge in [-0.25, -0.2) is 8.78 Å². The SMILES string of the molecule is CCCc1cc2c(cc1F)C(c1ccc(O)cc1)=c1cc(F)/c(=C\CC(F)(F)F)cc1O2.[CH3-]. The molecule has 0 saturated carbocycles. The van der Waals surface area contributed by atoms with Crippen molar-refractivity contribution in [3.05, 3.63) is 94.7 Å². The smallest absolute Gasteiger partial charge is 0.392 e. The highest BCUT2D eigenvalue weighted by atomic mass is 19.4. The van der Waals surface area contributed by atoms with E-state index in [9.17, 15) is 27.1 Å². The molecule has 1 N–H and O–H groups in total. The van der Waals surface area contributed by atoms with Crippen molar-refractivity contribution in [3.8, 4) is 17.2 Å². The van der Waals surface area contributed by atoms with Crippen LogP contribution in [0.15, 0.2) is 48.5 Å². The quantitative estimate of drug-likeness (QED) is 0.291. The third-order valence-corrected chi connectivity index (χ3v) is 5.23. The van der Waals surface area contributed by atoms with Crippen molar-refractivity contribution in [2.24, 2.45) is 0 Å². The molecule has 1 heterocycles. The first-order valence-electron chi connectivity index (χ1n) is 10.1. The van der Waals surface area contributed by atoms with E-state index in [4.69, 9.17) is 4.74 Å². The maximum atomic E-state index is 14.8. The summed E-state index contributed by atoms with van der Waals surface area (Å²) in [6.45, 7) is 1.91. The van der Waals surface area contributed by atoms with Crippen molar-refractivity contribution < 1.29 is 31.8 Å². The van der Waals surface area contributed by atoms with Crippen LogP contribution in [-0.4, -0.2) is 11.3 Å². The molecule has 0 radical (unpaired) electrons. The first-order chi connectivity index (χ1) is 15.2. The van der Waals surface area contributed by atoms with Crippen LogP contribution in [0.5, 0.6) is 17.2 Å². The highest BCUT2D eigenvalue weighted by Crippen LogP contribution is 2.38. The number of hydrogen-bond donors (Lipinski definition) is 1.